The maximum atomic E-state index is 14.6. The summed E-state index contributed by atoms with van der Waals surface area (Å²) in [6, 6.07) is 5.44. The fourth-order valence-electron chi connectivity index (χ4n) is 3.79. The standard InChI is InChI=1S/C22H21FN6/c1-2-3-7-29-13-18-19(23)8-14(9-20(18)28-29)16-10-17(16)15-11-26-22(27-12-15)21-24-5-4-6-25-21/h4-6,8-9,11-13,16-17H,2-3,7,10H2,1H3. The molecule has 1 aliphatic carbocycles. The van der Waals surface area contributed by atoms with E-state index in [1.807, 2.05) is 29.3 Å². The summed E-state index contributed by atoms with van der Waals surface area (Å²) in [6.07, 6.45) is 11.9. The summed E-state index contributed by atoms with van der Waals surface area (Å²) in [5.41, 5.74) is 2.79. The zero-order chi connectivity index (χ0) is 19.8. The van der Waals surface area contributed by atoms with Gasteiger partial charge in [0, 0.05) is 37.5 Å². The number of rotatable bonds is 6. The number of hydrogen-bond donors (Lipinski definition) is 0. The summed E-state index contributed by atoms with van der Waals surface area (Å²) in [7, 11) is 0. The summed E-state index contributed by atoms with van der Waals surface area (Å²) in [6.45, 7) is 2.96. The van der Waals surface area contributed by atoms with E-state index in [0.717, 1.165) is 42.5 Å². The van der Waals surface area contributed by atoms with E-state index in [4.69, 9.17) is 0 Å². The van der Waals surface area contributed by atoms with Crippen LogP contribution in [0.15, 0.2) is 49.2 Å². The zero-order valence-electron chi connectivity index (χ0n) is 16.2. The lowest BCUT2D eigenvalue weighted by molar-refractivity contribution is 0.576. The normalized spacial score (nSPS) is 18.3. The average molecular weight is 388 g/mol. The van der Waals surface area contributed by atoms with E-state index in [0.29, 0.717) is 23.0 Å². The highest BCUT2D eigenvalue weighted by Crippen LogP contribution is 2.54. The minimum absolute atomic E-state index is 0.196. The summed E-state index contributed by atoms with van der Waals surface area (Å²) < 4.78 is 16.5. The second-order valence-corrected chi connectivity index (χ2v) is 7.54. The lowest BCUT2D eigenvalue weighted by Gasteiger charge is -2.03. The fourth-order valence-corrected chi connectivity index (χ4v) is 3.79. The van der Waals surface area contributed by atoms with Crippen LogP contribution in [0.5, 0.6) is 0 Å². The molecule has 1 saturated carbocycles. The molecule has 0 spiro atoms. The van der Waals surface area contributed by atoms with E-state index in [-0.39, 0.29) is 11.7 Å². The van der Waals surface area contributed by atoms with Crippen LogP contribution in [0, 0.1) is 5.82 Å². The quantitative estimate of drug-likeness (QED) is 0.487. The van der Waals surface area contributed by atoms with Crippen LogP contribution in [0.3, 0.4) is 0 Å². The van der Waals surface area contributed by atoms with Crippen LogP contribution in [0.1, 0.15) is 49.1 Å². The molecule has 0 aliphatic heterocycles. The van der Waals surface area contributed by atoms with E-state index >= 15 is 0 Å². The maximum absolute atomic E-state index is 14.6. The third-order valence-electron chi connectivity index (χ3n) is 5.47. The van der Waals surface area contributed by atoms with Gasteiger partial charge in [-0.1, -0.05) is 13.3 Å². The molecular formula is C22H21FN6. The highest BCUT2D eigenvalue weighted by atomic mass is 19.1. The van der Waals surface area contributed by atoms with Gasteiger partial charge in [0.2, 0.25) is 0 Å². The fraction of sp³-hybridized carbons (Fsp3) is 0.318. The molecule has 3 heterocycles. The monoisotopic (exact) mass is 388 g/mol. The Labute approximate surface area is 167 Å². The third kappa shape index (κ3) is 3.48. The molecule has 1 aliphatic rings. The van der Waals surface area contributed by atoms with Gasteiger partial charge in [-0.3, -0.25) is 4.68 Å². The summed E-state index contributed by atoms with van der Waals surface area (Å²) in [4.78, 5) is 17.2. The number of nitrogens with zero attached hydrogens (tertiary/aromatic N) is 6. The Kier molecular flexibility index (Phi) is 4.50. The van der Waals surface area contributed by atoms with Gasteiger partial charge in [-0.05, 0) is 54.0 Å². The van der Waals surface area contributed by atoms with Crippen LogP contribution < -0.4 is 0 Å². The van der Waals surface area contributed by atoms with Crippen molar-refractivity contribution in [2.75, 3.05) is 0 Å². The highest BCUT2D eigenvalue weighted by molar-refractivity contribution is 5.80. The summed E-state index contributed by atoms with van der Waals surface area (Å²) in [5, 5.41) is 5.16. The molecule has 0 N–H and O–H groups in total. The largest absolute Gasteiger partial charge is 0.271 e. The van der Waals surface area contributed by atoms with Gasteiger partial charge in [-0.15, -0.1) is 0 Å². The van der Waals surface area contributed by atoms with E-state index in [9.17, 15) is 4.39 Å². The van der Waals surface area contributed by atoms with Crippen LogP contribution in [0.2, 0.25) is 0 Å². The van der Waals surface area contributed by atoms with Crippen molar-refractivity contribution in [2.45, 2.75) is 44.6 Å². The Morgan fingerprint density at radius 1 is 1.00 bits per heavy atom. The van der Waals surface area contributed by atoms with E-state index in [2.05, 4.69) is 32.0 Å². The van der Waals surface area contributed by atoms with Crippen LogP contribution in [0.4, 0.5) is 4.39 Å². The Morgan fingerprint density at radius 3 is 2.48 bits per heavy atom. The maximum Gasteiger partial charge on any atom is 0.197 e. The van der Waals surface area contributed by atoms with Crippen molar-refractivity contribution in [1.29, 1.82) is 0 Å². The molecule has 0 amide bonds. The first-order valence-corrected chi connectivity index (χ1v) is 9.99. The first-order chi connectivity index (χ1) is 14.2. The Balaban J connectivity index is 1.36. The van der Waals surface area contributed by atoms with Gasteiger partial charge in [0.1, 0.15) is 5.82 Å². The number of aryl methyl sites for hydroxylation is 1. The number of aromatic nitrogens is 6. The first kappa shape index (κ1) is 17.8. The lowest BCUT2D eigenvalue weighted by Crippen LogP contribution is -1.97. The van der Waals surface area contributed by atoms with Crippen LogP contribution in [-0.4, -0.2) is 29.7 Å². The zero-order valence-corrected chi connectivity index (χ0v) is 16.2. The number of benzene rings is 1. The van der Waals surface area contributed by atoms with Crippen molar-refractivity contribution < 1.29 is 4.39 Å². The predicted molar refractivity (Wildman–Crippen MR) is 108 cm³/mol. The topological polar surface area (TPSA) is 69.4 Å². The first-order valence-electron chi connectivity index (χ1n) is 9.99. The van der Waals surface area contributed by atoms with Crippen molar-refractivity contribution in [2.24, 2.45) is 0 Å². The summed E-state index contributed by atoms with van der Waals surface area (Å²) in [5.74, 6) is 1.41. The molecule has 0 bridgehead atoms. The van der Waals surface area contributed by atoms with Gasteiger partial charge in [0.15, 0.2) is 11.6 Å². The lowest BCUT2D eigenvalue weighted by atomic mass is 10.0. The molecule has 4 aromatic rings. The van der Waals surface area contributed by atoms with Crippen LogP contribution >= 0.6 is 0 Å². The van der Waals surface area contributed by atoms with Gasteiger partial charge in [-0.2, -0.15) is 5.10 Å². The molecule has 5 rings (SSSR count). The molecule has 6 nitrogen and oxygen atoms in total. The van der Waals surface area contributed by atoms with Gasteiger partial charge in [0.05, 0.1) is 10.9 Å². The smallest absolute Gasteiger partial charge is 0.197 e. The number of hydrogen-bond acceptors (Lipinski definition) is 5. The average Bonchev–Trinajstić information content (AvgIpc) is 3.45. The van der Waals surface area contributed by atoms with Crippen LogP contribution in [0.25, 0.3) is 22.6 Å². The van der Waals surface area contributed by atoms with Gasteiger partial charge in [0.25, 0.3) is 0 Å². The molecular weight excluding hydrogens is 367 g/mol. The van der Waals surface area contributed by atoms with Crippen molar-refractivity contribution in [3.63, 3.8) is 0 Å². The number of unbranched alkanes of at least 4 members (excludes halogenated alkanes) is 1. The molecule has 2 unspecified atom stereocenters. The summed E-state index contributed by atoms with van der Waals surface area (Å²) >= 11 is 0. The van der Waals surface area contributed by atoms with E-state index in [1.165, 1.54) is 0 Å². The van der Waals surface area contributed by atoms with Crippen molar-refractivity contribution in [3.05, 3.63) is 66.1 Å². The second-order valence-electron chi connectivity index (χ2n) is 7.54. The van der Waals surface area contributed by atoms with Crippen molar-refractivity contribution in [1.82, 2.24) is 29.7 Å². The van der Waals surface area contributed by atoms with Gasteiger partial charge < -0.3 is 0 Å². The molecule has 146 valence electrons. The van der Waals surface area contributed by atoms with Crippen molar-refractivity contribution >= 4 is 10.9 Å². The van der Waals surface area contributed by atoms with Crippen molar-refractivity contribution in [3.8, 4) is 11.6 Å². The van der Waals surface area contributed by atoms with Gasteiger partial charge >= 0.3 is 0 Å². The molecule has 0 saturated heterocycles. The molecule has 7 heteroatoms. The predicted octanol–water partition coefficient (Wildman–Crippen LogP) is 4.49. The SMILES string of the molecule is CCCCn1cc2c(F)cc(C3CC3c3cnc(-c4ncccn4)nc3)cc2n1. The van der Waals surface area contributed by atoms with E-state index < -0.39 is 0 Å². The van der Waals surface area contributed by atoms with Gasteiger partial charge in [-0.25, -0.2) is 24.3 Å². The Hall–Kier alpha value is -3.22. The number of fused-ring (bicyclic) bond motifs is 1. The highest BCUT2D eigenvalue weighted by Gasteiger charge is 2.40. The molecule has 2 atom stereocenters. The molecule has 29 heavy (non-hydrogen) atoms. The second kappa shape index (κ2) is 7.31. The Morgan fingerprint density at radius 2 is 1.72 bits per heavy atom. The third-order valence-corrected chi connectivity index (χ3v) is 5.47. The molecule has 0 radical (unpaired) electrons. The van der Waals surface area contributed by atoms with Crippen LogP contribution in [-0.2, 0) is 6.54 Å². The van der Waals surface area contributed by atoms with E-state index in [1.54, 1.807) is 24.5 Å². The molecule has 3 aromatic heterocycles. The molecule has 1 fully saturated rings. The molecule has 1 aromatic carbocycles. The number of halogens is 1. The minimum Gasteiger partial charge on any atom is -0.271 e. The Bertz CT molecular complexity index is 1140. The minimum atomic E-state index is -0.196.